The van der Waals surface area contributed by atoms with Gasteiger partial charge in [0.15, 0.2) is 5.13 Å². The molecular weight excluding hydrogens is 291 g/mol. The third-order valence-electron chi connectivity index (χ3n) is 2.55. The van der Waals surface area contributed by atoms with Crippen LogP contribution in [0.1, 0.15) is 20.8 Å². The quantitative estimate of drug-likeness (QED) is 0.894. The van der Waals surface area contributed by atoms with Gasteiger partial charge in [0, 0.05) is 5.69 Å². The molecule has 2 rings (SSSR count). The summed E-state index contributed by atoms with van der Waals surface area (Å²) in [7, 11) is 0. The van der Waals surface area contributed by atoms with Gasteiger partial charge >= 0.3 is 6.18 Å². The van der Waals surface area contributed by atoms with Crippen LogP contribution in [0.5, 0.6) is 0 Å². The first-order valence-corrected chi connectivity index (χ1v) is 6.29. The van der Waals surface area contributed by atoms with Crippen LogP contribution in [-0.4, -0.2) is 10.9 Å². The molecule has 106 valence electrons. The smallest absolute Gasteiger partial charge is 0.375 e. The first-order chi connectivity index (χ1) is 9.27. The number of aromatic nitrogens is 1. The summed E-state index contributed by atoms with van der Waals surface area (Å²) in [6.07, 6.45) is -3.19. The van der Waals surface area contributed by atoms with Gasteiger partial charge in [-0.25, -0.2) is 4.98 Å². The number of nitrogens with zero attached hydrogens (tertiary/aromatic N) is 1. The first kappa shape index (κ1) is 14.3. The fraction of sp³-hybridized carbons (Fsp3) is 0.167. The van der Waals surface area contributed by atoms with Crippen molar-refractivity contribution in [3.05, 3.63) is 40.4 Å². The van der Waals surface area contributed by atoms with Crippen LogP contribution in [0.4, 0.5) is 24.0 Å². The minimum Gasteiger partial charge on any atom is -0.375 e. The van der Waals surface area contributed by atoms with Gasteiger partial charge in [-0.3, -0.25) is 4.79 Å². The van der Waals surface area contributed by atoms with Crippen molar-refractivity contribution in [1.82, 2.24) is 4.98 Å². The number of nitrogens with two attached hydrogens (primary N) is 1. The minimum atomic E-state index is -4.46. The zero-order valence-electron chi connectivity index (χ0n) is 10.3. The summed E-state index contributed by atoms with van der Waals surface area (Å²) in [6, 6.07) is 3.62. The number of halogens is 3. The van der Waals surface area contributed by atoms with Crippen molar-refractivity contribution in [2.24, 2.45) is 0 Å². The normalized spacial score (nSPS) is 11.4. The van der Waals surface area contributed by atoms with Gasteiger partial charge in [-0.1, -0.05) is 17.4 Å². The number of alkyl halides is 3. The number of carbonyl (C=O) groups excluding carboxylic acids is 1. The molecule has 0 aliphatic rings. The zero-order chi connectivity index (χ0) is 14.9. The molecule has 0 unspecified atom stereocenters. The Labute approximate surface area is 116 Å². The van der Waals surface area contributed by atoms with Gasteiger partial charge < -0.3 is 11.1 Å². The summed E-state index contributed by atoms with van der Waals surface area (Å²) < 4.78 is 38.3. The van der Waals surface area contributed by atoms with Crippen LogP contribution in [0.2, 0.25) is 0 Å². The van der Waals surface area contributed by atoms with E-state index in [4.69, 9.17) is 5.73 Å². The summed E-state index contributed by atoms with van der Waals surface area (Å²) in [5.41, 5.74) is 4.78. The molecule has 4 nitrogen and oxygen atoms in total. The Morgan fingerprint density at radius 1 is 1.40 bits per heavy atom. The van der Waals surface area contributed by atoms with Crippen LogP contribution < -0.4 is 11.1 Å². The SMILES string of the molecule is Cc1ccc(NC(=O)c2cnc(N)s2)cc1C(F)(F)F. The lowest BCUT2D eigenvalue weighted by atomic mass is 10.1. The molecule has 1 amide bonds. The standard InChI is InChI=1S/C12H10F3N3OS/c1-6-2-3-7(4-8(6)12(13,14)15)18-10(19)9-5-17-11(16)20-9/h2-5H,1H3,(H2,16,17)(H,18,19). The topological polar surface area (TPSA) is 68.0 Å². The number of aryl methyl sites for hydroxylation is 1. The Morgan fingerprint density at radius 2 is 2.10 bits per heavy atom. The zero-order valence-corrected chi connectivity index (χ0v) is 11.1. The van der Waals surface area contributed by atoms with E-state index in [0.29, 0.717) is 0 Å². The molecular formula is C12H10F3N3OS. The Balaban J connectivity index is 2.24. The van der Waals surface area contributed by atoms with Crippen molar-refractivity contribution < 1.29 is 18.0 Å². The number of nitrogens with one attached hydrogen (secondary N) is 1. The molecule has 0 radical (unpaired) electrons. The van der Waals surface area contributed by atoms with Crippen LogP contribution in [0, 0.1) is 6.92 Å². The average Bonchev–Trinajstić information content (AvgIpc) is 2.77. The van der Waals surface area contributed by atoms with Crippen LogP contribution >= 0.6 is 11.3 Å². The molecule has 0 atom stereocenters. The molecule has 2 aromatic rings. The number of carbonyl (C=O) groups is 1. The van der Waals surface area contributed by atoms with Crippen LogP contribution in [0.3, 0.4) is 0 Å². The van der Waals surface area contributed by atoms with Crippen LogP contribution in [-0.2, 0) is 6.18 Å². The predicted molar refractivity (Wildman–Crippen MR) is 70.7 cm³/mol. The Hall–Kier alpha value is -2.09. The summed E-state index contributed by atoms with van der Waals surface area (Å²) in [5.74, 6) is -0.545. The molecule has 0 spiro atoms. The Bertz CT molecular complexity index is 652. The van der Waals surface area contributed by atoms with Crippen molar-refractivity contribution in [1.29, 1.82) is 0 Å². The summed E-state index contributed by atoms with van der Waals surface area (Å²) in [6.45, 7) is 1.36. The second kappa shape index (κ2) is 5.12. The maximum absolute atomic E-state index is 12.8. The summed E-state index contributed by atoms with van der Waals surface area (Å²) in [4.78, 5) is 15.7. The number of nitrogen functional groups attached to an aromatic ring is 1. The molecule has 1 heterocycles. The number of thiazole rings is 1. The van der Waals surface area contributed by atoms with Crippen molar-refractivity contribution >= 4 is 28.1 Å². The third kappa shape index (κ3) is 3.08. The van der Waals surface area contributed by atoms with E-state index in [1.165, 1.54) is 25.3 Å². The lowest BCUT2D eigenvalue weighted by Gasteiger charge is -2.12. The lowest BCUT2D eigenvalue weighted by Crippen LogP contribution is -2.13. The monoisotopic (exact) mass is 301 g/mol. The molecule has 1 aromatic carbocycles. The van der Waals surface area contributed by atoms with Gasteiger partial charge in [0.1, 0.15) is 4.88 Å². The fourth-order valence-corrected chi connectivity index (χ4v) is 2.17. The van der Waals surface area contributed by atoms with Gasteiger partial charge in [-0.05, 0) is 24.6 Å². The Morgan fingerprint density at radius 3 is 2.65 bits per heavy atom. The number of hydrogen-bond donors (Lipinski definition) is 2. The van der Waals surface area contributed by atoms with Gasteiger partial charge in [0.25, 0.3) is 5.91 Å². The molecule has 20 heavy (non-hydrogen) atoms. The third-order valence-corrected chi connectivity index (χ3v) is 3.37. The number of rotatable bonds is 2. The van der Waals surface area contributed by atoms with Crippen molar-refractivity contribution in [3.63, 3.8) is 0 Å². The lowest BCUT2D eigenvalue weighted by molar-refractivity contribution is -0.138. The highest BCUT2D eigenvalue weighted by molar-refractivity contribution is 7.17. The van der Waals surface area contributed by atoms with Crippen molar-refractivity contribution in [2.45, 2.75) is 13.1 Å². The first-order valence-electron chi connectivity index (χ1n) is 5.48. The predicted octanol–water partition coefficient (Wildman–Crippen LogP) is 3.30. The molecule has 0 saturated carbocycles. The molecule has 3 N–H and O–H groups in total. The molecule has 8 heteroatoms. The van der Waals surface area contributed by atoms with E-state index in [1.807, 2.05) is 0 Å². The van der Waals surface area contributed by atoms with Gasteiger partial charge in [0.05, 0.1) is 11.8 Å². The van der Waals surface area contributed by atoms with Crippen LogP contribution in [0.25, 0.3) is 0 Å². The highest BCUT2D eigenvalue weighted by atomic mass is 32.1. The maximum atomic E-state index is 12.8. The van der Waals surface area contributed by atoms with E-state index in [-0.39, 0.29) is 21.3 Å². The average molecular weight is 301 g/mol. The largest absolute Gasteiger partial charge is 0.416 e. The number of anilines is 2. The molecule has 1 aromatic heterocycles. The van der Waals surface area contributed by atoms with E-state index in [2.05, 4.69) is 10.3 Å². The molecule has 0 fully saturated rings. The summed E-state index contributed by atoms with van der Waals surface area (Å²) in [5, 5.41) is 2.60. The molecule has 0 bridgehead atoms. The van der Waals surface area contributed by atoms with E-state index in [9.17, 15) is 18.0 Å². The Kier molecular flexibility index (Phi) is 3.67. The fourth-order valence-electron chi connectivity index (χ4n) is 1.59. The highest BCUT2D eigenvalue weighted by Gasteiger charge is 2.32. The van der Waals surface area contributed by atoms with Crippen LogP contribution in [0.15, 0.2) is 24.4 Å². The van der Waals surface area contributed by atoms with Gasteiger partial charge in [-0.2, -0.15) is 13.2 Å². The van der Waals surface area contributed by atoms with E-state index >= 15 is 0 Å². The molecule has 0 aliphatic heterocycles. The van der Waals surface area contributed by atoms with Crippen molar-refractivity contribution in [2.75, 3.05) is 11.1 Å². The summed E-state index contributed by atoms with van der Waals surface area (Å²) >= 11 is 0.960. The second-order valence-corrected chi connectivity index (χ2v) is 5.11. The van der Waals surface area contributed by atoms with E-state index < -0.39 is 17.6 Å². The maximum Gasteiger partial charge on any atom is 0.416 e. The number of benzene rings is 1. The number of amides is 1. The van der Waals surface area contributed by atoms with Gasteiger partial charge in [0.2, 0.25) is 0 Å². The molecule has 0 aliphatic carbocycles. The van der Waals surface area contributed by atoms with Gasteiger partial charge in [-0.15, -0.1) is 0 Å². The van der Waals surface area contributed by atoms with E-state index in [1.54, 1.807) is 0 Å². The minimum absolute atomic E-state index is 0.0693. The second-order valence-electron chi connectivity index (χ2n) is 4.04. The number of hydrogen-bond acceptors (Lipinski definition) is 4. The highest BCUT2D eigenvalue weighted by Crippen LogP contribution is 2.33. The van der Waals surface area contributed by atoms with Crippen molar-refractivity contribution in [3.8, 4) is 0 Å². The molecule has 0 saturated heterocycles. The van der Waals surface area contributed by atoms with E-state index in [0.717, 1.165) is 17.4 Å².